The number of piperazine rings is 1. The quantitative estimate of drug-likeness (QED) is 0.200. The molecule has 0 atom stereocenters. The number of methoxy groups -OCH3 is 1. The number of anilines is 4. The number of ether oxygens (including phenoxy) is 1. The van der Waals surface area contributed by atoms with Gasteiger partial charge in [0.05, 0.1) is 17.8 Å². The fraction of sp³-hybridized carbons (Fsp3) is 0.406. The molecule has 0 spiro atoms. The molecule has 1 fully saturated rings. The van der Waals surface area contributed by atoms with Crippen LogP contribution >= 0.6 is 11.8 Å². The maximum absolute atomic E-state index is 13.4. The number of sulfone groups is 1. The van der Waals surface area contributed by atoms with Gasteiger partial charge in [-0.2, -0.15) is 5.10 Å². The zero-order valence-electron chi connectivity index (χ0n) is 27.3. The number of hydrogen-bond donors (Lipinski definition) is 2. The zero-order valence-corrected chi connectivity index (χ0v) is 29.0. The number of H-pyrrole nitrogens is 1. The van der Waals surface area contributed by atoms with Crippen LogP contribution in [0.5, 0.6) is 5.75 Å². The van der Waals surface area contributed by atoms with Gasteiger partial charge in [0.25, 0.3) is 0 Å². The van der Waals surface area contributed by atoms with Crippen molar-refractivity contribution in [3.05, 3.63) is 65.9 Å². The van der Waals surface area contributed by atoms with Crippen LogP contribution in [0.4, 0.5) is 23.1 Å². The number of hydrogen-bond acceptors (Lipinski definition) is 12. The van der Waals surface area contributed by atoms with Crippen molar-refractivity contribution in [2.75, 3.05) is 89.7 Å². The van der Waals surface area contributed by atoms with Gasteiger partial charge in [0.2, 0.25) is 5.75 Å². The minimum atomic E-state index is -3.56. The second kappa shape index (κ2) is 14.7. The molecule has 2 N–H and O–H groups in total. The largest absolute Gasteiger partial charge is 0.490 e. The van der Waals surface area contributed by atoms with E-state index in [0.29, 0.717) is 28.4 Å². The molecule has 0 radical (unpaired) electrons. The Morgan fingerprint density at radius 2 is 1.72 bits per heavy atom. The number of aromatic nitrogens is 4. The van der Waals surface area contributed by atoms with Crippen molar-refractivity contribution in [3.8, 4) is 5.75 Å². The van der Waals surface area contributed by atoms with E-state index in [1.807, 2.05) is 56.3 Å². The highest BCUT2D eigenvalue weighted by Gasteiger charge is 2.26. The van der Waals surface area contributed by atoms with Gasteiger partial charge in [-0.15, -0.1) is 0 Å². The van der Waals surface area contributed by atoms with Gasteiger partial charge in [0.1, 0.15) is 0 Å². The van der Waals surface area contributed by atoms with E-state index in [0.717, 1.165) is 61.1 Å². The van der Waals surface area contributed by atoms with Crippen molar-refractivity contribution >= 4 is 44.7 Å². The number of nitrogens with one attached hydrogen (secondary N) is 2. The van der Waals surface area contributed by atoms with Crippen LogP contribution in [0.3, 0.4) is 0 Å². The normalized spacial score (nSPS) is 14.1. The Kier molecular flexibility index (Phi) is 10.7. The van der Waals surface area contributed by atoms with E-state index in [4.69, 9.17) is 14.7 Å². The Balaban J connectivity index is 1.39. The molecule has 2 aromatic carbocycles. The summed E-state index contributed by atoms with van der Waals surface area (Å²) in [4.78, 5) is 19.7. The summed E-state index contributed by atoms with van der Waals surface area (Å²) in [7, 11) is 6.07. The molecule has 0 bridgehead atoms. The summed E-state index contributed by atoms with van der Waals surface area (Å²) < 4.78 is 32.6. The van der Waals surface area contributed by atoms with Crippen LogP contribution in [0, 0.1) is 6.92 Å². The topological polar surface area (TPSA) is 123 Å². The molecule has 0 saturated carbocycles. The first-order chi connectivity index (χ1) is 22.0. The third kappa shape index (κ3) is 8.29. The summed E-state index contributed by atoms with van der Waals surface area (Å²) in [5.74, 6) is 2.31. The van der Waals surface area contributed by atoms with Crippen LogP contribution in [0.2, 0.25) is 0 Å². The van der Waals surface area contributed by atoms with E-state index in [1.54, 1.807) is 31.4 Å². The van der Waals surface area contributed by atoms with Crippen molar-refractivity contribution < 1.29 is 13.2 Å². The van der Waals surface area contributed by atoms with E-state index < -0.39 is 9.84 Å². The van der Waals surface area contributed by atoms with E-state index in [2.05, 4.69) is 44.3 Å². The Hall–Kier alpha value is -3.85. The lowest BCUT2D eigenvalue weighted by Gasteiger charge is -2.36. The lowest BCUT2D eigenvalue weighted by molar-refractivity contribution is 0.228. The lowest BCUT2D eigenvalue weighted by Crippen LogP contribution is -2.48. The molecule has 246 valence electrons. The molecule has 0 aliphatic carbocycles. The standard InChI is InChI=1S/C32H43N9O3S2/c1-23-21-28(37-36-23)33-30-29(44-6)31(41-19-17-40(18-20-41)16-15-38(2)3)35-32(34-30)45-25-11-13-26(14-12-25)46(42,43)22-24-9-7-8-10-27(24)39(4)5/h7-14,21H,15-20,22H2,1-6H3,(H2,33,34,35,36,37). The molecule has 12 nitrogen and oxygen atoms in total. The maximum atomic E-state index is 13.4. The molecule has 5 rings (SSSR count). The number of aromatic amines is 1. The van der Waals surface area contributed by atoms with E-state index in [-0.39, 0.29) is 10.6 Å². The van der Waals surface area contributed by atoms with Crippen molar-refractivity contribution in [2.45, 2.75) is 27.6 Å². The van der Waals surface area contributed by atoms with Gasteiger partial charge in [-0.1, -0.05) is 18.2 Å². The number of likely N-dealkylation sites (N-methyl/N-ethyl adjacent to an activating group) is 1. The highest BCUT2D eigenvalue weighted by Crippen LogP contribution is 2.38. The molecule has 46 heavy (non-hydrogen) atoms. The van der Waals surface area contributed by atoms with Crippen molar-refractivity contribution in [1.82, 2.24) is 30.0 Å². The predicted octanol–water partition coefficient (Wildman–Crippen LogP) is 4.14. The molecular weight excluding hydrogens is 623 g/mol. The van der Waals surface area contributed by atoms with Gasteiger partial charge in [-0.25, -0.2) is 18.4 Å². The fourth-order valence-corrected chi connectivity index (χ4v) is 7.38. The molecule has 1 aliphatic heterocycles. The molecule has 4 aromatic rings. The SMILES string of the molecule is COc1c(Nc2cc(C)[nH]n2)nc(Sc2ccc(S(=O)(=O)Cc3ccccc3N(C)C)cc2)nc1N1CCN(CCN(C)C)CC1. The Bertz CT molecular complexity index is 1720. The van der Waals surface area contributed by atoms with Crippen LogP contribution < -0.4 is 19.9 Å². The van der Waals surface area contributed by atoms with E-state index in [9.17, 15) is 8.42 Å². The first-order valence-electron chi connectivity index (χ1n) is 15.2. The minimum absolute atomic E-state index is 0.0805. The summed E-state index contributed by atoms with van der Waals surface area (Å²) in [6.45, 7) is 7.40. The van der Waals surface area contributed by atoms with Crippen molar-refractivity contribution in [3.63, 3.8) is 0 Å². The summed E-state index contributed by atoms with van der Waals surface area (Å²) in [5, 5.41) is 11.1. The molecule has 2 aromatic heterocycles. The number of para-hydroxylation sites is 1. The molecule has 14 heteroatoms. The lowest BCUT2D eigenvalue weighted by atomic mass is 10.2. The van der Waals surface area contributed by atoms with Gasteiger partial charge in [0.15, 0.2) is 32.4 Å². The second-order valence-electron chi connectivity index (χ2n) is 11.8. The molecule has 0 amide bonds. The summed E-state index contributed by atoms with van der Waals surface area (Å²) in [6, 6.07) is 16.4. The van der Waals surface area contributed by atoms with Crippen LogP contribution in [0.25, 0.3) is 0 Å². The van der Waals surface area contributed by atoms with E-state index >= 15 is 0 Å². The zero-order chi connectivity index (χ0) is 32.8. The van der Waals surface area contributed by atoms with Gasteiger partial charge in [0, 0.05) is 75.7 Å². The Labute approximate surface area is 276 Å². The summed E-state index contributed by atoms with van der Waals surface area (Å²) in [6.07, 6.45) is 0. The third-order valence-electron chi connectivity index (χ3n) is 7.73. The maximum Gasteiger partial charge on any atom is 0.204 e. The van der Waals surface area contributed by atoms with Crippen LogP contribution in [0.1, 0.15) is 11.3 Å². The van der Waals surface area contributed by atoms with Gasteiger partial charge in [-0.05, 0) is 68.7 Å². The molecule has 1 saturated heterocycles. The predicted molar refractivity (Wildman–Crippen MR) is 185 cm³/mol. The number of aryl methyl sites for hydroxylation is 1. The van der Waals surface area contributed by atoms with E-state index in [1.165, 1.54) is 11.8 Å². The highest BCUT2D eigenvalue weighted by atomic mass is 32.2. The number of rotatable bonds is 13. The number of nitrogens with zero attached hydrogens (tertiary/aromatic N) is 7. The van der Waals surface area contributed by atoms with Crippen LogP contribution in [0.15, 0.2) is 69.5 Å². The smallest absolute Gasteiger partial charge is 0.204 e. The van der Waals surface area contributed by atoms with Crippen molar-refractivity contribution in [1.29, 1.82) is 0 Å². The minimum Gasteiger partial charge on any atom is -0.490 e. The molecule has 1 aliphatic rings. The Morgan fingerprint density at radius 3 is 2.35 bits per heavy atom. The first-order valence-corrected chi connectivity index (χ1v) is 17.6. The van der Waals surface area contributed by atoms with Crippen LogP contribution in [-0.2, 0) is 15.6 Å². The second-order valence-corrected chi connectivity index (χ2v) is 14.8. The third-order valence-corrected chi connectivity index (χ3v) is 10.3. The molecule has 0 unspecified atom stereocenters. The van der Waals surface area contributed by atoms with Crippen molar-refractivity contribution in [2.24, 2.45) is 0 Å². The van der Waals surface area contributed by atoms with Crippen LogP contribution in [-0.4, -0.2) is 113 Å². The summed E-state index contributed by atoms with van der Waals surface area (Å²) in [5.41, 5.74) is 2.56. The highest BCUT2D eigenvalue weighted by molar-refractivity contribution is 7.99. The van der Waals surface area contributed by atoms with Gasteiger partial charge >= 0.3 is 0 Å². The molecular formula is C32H43N9O3S2. The average molecular weight is 666 g/mol. The first kappa shape index (κ1) is 33.5. The average Bonchev–Trinajstić information content (AvgIpc) is 3.44. The van der Waals surface area contributed by atoms with Gasteiger partial charge < -0.3 is 24.8 Å². The number of benzene rings is 2. The van der Waals surface area contributed by atoms with Gasteiger partial charge in [-0.3, -0.25) is 10.00 Å². The Morgan fingerprint density at radius 1 is 1.00 bits per heavy atom. The fourth-order valence-electron chi connectivity index (χ4n) is 5.26. The molecule has 3 heterocycles. The monoisotopic (exact) mass is 665 g/mol. The summed E-state index contributed by atoms with van der Waals surface area (Å²) >= 11 is 1.37.